The Morgan fingerprint density at radius 2 is 1.69 bits per heavy atom. The van der Waals surface area contributed by atoms with E-state index in [0.29, 0.717) is 23.8 Å². The molecule has 0 bridgehead atoms. The zero-order valence-corrected chi connectivity index (χ0v) is 23.8. The Hall–Kier alpha value is -1.18. The summed E-state index contributed by atoms with van der Waals surface area (Å²) in [5, 5.41) is 20.8. The molecule has 1 amide bonds. The van der Waals surface area contributed by atoms with E-state index in [9.17, 15) is 9.90 Å². The van der Waals surface area contributed by atoms with E-state index in [0.717, 1.165) is 66.8 Å². The fraction of sp³-hybridized carbons (Fsp3) is 0.931. The predicted octanol–water partition coefficient (Wildman–Crippen LogP) is 4.40. The van der Waals surface area contributed by atoms with Crippen molar-refractivity contribution in [3.63, 3.8) is 0 Å². The summed E-state index contributed by atoms with van der Waals surface area (Å²) in [4.78, 5) is 17.5. The maximum absolute atomic E-state index is 12.2. The number of amides is 1. The number of oxime groups is 1. The summed E-state index contributed by atoms with van der Waals surface area (Å²) >= 11 is 0. The Morgan fingerprint density at radius 3 is 2.44 bits per heavy atom. The number of carbonyl (C=O) groups excluding carboxylic acids is 1. The molecule has 0 aliphatic heterocycles. The minimum absolute atomic E-state index is 0.0792. The molecule has 0 aromatic heterocycles. The van der Waals surface area contributed by atoms with E-state index >= 15 is 0 Å². The van der Waals surface area contributed by atoms with Crippen LogP contribution in [-0.2, 0) is 4.84 Å². The van der Waals surface area contributed by atoms with Gasteiger partial charge in [0.2, 0.25) is 0 Å². The summed E-state index contributed by atoms with van der Waals surface area (Å²) in [6, 6.07) is 0. The van der Waals surface area contributed by atoms with Crippen LogP contribution in [0.25, 0.3) is 0 Å². The van der Waals surface area contributed by atoms with Crippen molar-refractivity contribution in [1.29, 1.82) is 0 Å². The van der Waals surface area contributed by atoms with E-state index in [1.54, 1.807) is 0 Å². The van der Waals surface area contributed by atoms with Crippen LogP contribution in [0.5, 0.6) is 0 Å². The molecule has 0 radical (unpaired) electrons. The molecule has 0 aromatic carbocycles. The zero-order valence-electron chi connectivity index (χ0n) is 23.8. The van der Waals surface area contributed by atoms with E-state index in [2.05, 4.69) is 57.7 Å². The van der Waals surface area contributed by atoms with E-state index < -0.39 is 6.09 Å². The first-order chi connectivity index (χ1) is 16.9. The van der Waals surface area contributed by atoms with Crippen LogP contribution in [0.2, 0.25) is 0 Å². The Bertz CT molecular complexity index is 811. The normalized spacial score (nSPS) is 40.7. The van der Waals surface area contributed by atoms with E-state index in [1.807, 2.05) is 0 Å². The predicted molar refractivity (Wildman–Crippen MR) is 145 cm³/mol. The molecular formula is C29H53N4O3+. The first-order valence-corrected chi connectivity index (χ1v) is 14.6. The number of quaternary nitrogens is 1. The van der Waals surface area contributed by atoms with Gasteiger partial charge < -0.3 is 20.2 Å². The molecule has 8 atom stereocenters. The molecule has 36 heavy (non-hydrogen) atoms. The summed E-state index contributed by atoms with van der Waals surface area (Å²) in [6.45, 7) is 10.3. The van der Waals surface area contributed by atoms with Crippen LogP contribution < -0.4 is 10.6 Å². The molecule has 0 spiro atoms. The van der Waals surface area contributed by atoms with Crippen LogP contribution in [-0.4, -0.2) is 74.8 Å². The first kappa shape index (κ1) is 27.8. The molecule has 0 aromatic rings. The largest absolute Gasteiger partial charge is 0.433 e. The first-order valence-electron chi connectivity index (χ1n) is 14.6. The van der Waals surface area contributed by atoms with Gasteiger partial charge in [-0.25, -0.2) is 4.79 Å². The summed E-state index contributed by atoms with van der Waals surface area (Å²) in [6.07, 6.45) is 10.2. The van der Waals surface area contributed by atoms with Crippen LogP contribution in [0.1, 0.15) is 78.6 Å². The third-order valence-electron chi connectivity index (χ3n) is 10.9. The standard InChI is InChI=1S/C29H52N4O3/c1-20(32-36-27(35)31-16-15-30-17-18-33(4,5)6)24-9-10-25-23-8-7-21-19-22(34)11-13-28(21,2)26(23)12-14-29(24,25)3/h21-26,30,34H,7-19H2,1-6H3/p+1/b32-20+/t21-,22+,23+,24-,25+,26+,28+,29-/m1/s1. The Morgan fingerprint density at radius 1 is 0.972 bits per heavy atom. The maximum atomic E-state index is 12.2. The summed E-state index contributed by atoms with van der Waals surface area (Å²) in [5.41, 5.74) is 1.64. The highest BCUT2D eigenvalue weighted by Gasteiger charge is 2.60. The van der Waals surface area contributed by atoms with Crippen molar-refractivity contribution in [3.8, 4) is 0 Å². The highest BCUT2D eigenvalue weighted by molar-refractivity contribution is 5.85. The molecule has 0 saturated heterocycles. The van der Waals surface area contributed by atoms with E-state index in [1.165, 1.54) is 38.5 Å². The number of carbonyl (C=O) groups is 1. The lowest BCUT2D eigenvalue weighted by Gasteiger charge is -2.61. The number of fused-ring (bicyclic) bond motifs is 5. The van der Waals surface area contributed by atoms with Gasteiger partial charge in [-0.05, 0) is 99.2 Å². The van der Waals surface area contributed by atoms with Crippen molar-refractivity contribution in [1.82, 2.24) is 10.6 Å². The maximum Gasteiger partial charge on any atom is 0.433 e. The number of aliphatic hydroxyl groups is 1. The van der Waals surface area contributed by atoms with Gasteiger partial charge in [-0.1, -0.05) is 19.0 Å². The van der Waals surface area contributed by atoms with Gasteiger partial charge >= 0.3 is 6.09 Å². The highest BCUT2D eigenvalue weighted by Crippen LogP contribution is 2.67. The quantitative estimate of drug-likeness (QED) is 0.150. The van der Waals surface area contributed by atoms with Crippen LogP contribution in [0, 0.1) is 40.4 Å². The molecule has 206 valence electrons. The SMILES string of the molecule is C/C(=N\OC(=O)NCCNCC[N+](C)(C)C)[C@H]1CC[C@H]2[C@@H]3CC[C@@H]4C[C@@H](O)CC[C@]4(C)[C@H]3CC[C@]12C. The van der Waals surface area contributed by atoms with Gasteiger partial charge in [0.15, 0.2) is 0 Å². The smallest absolute Gasteiger partial charge is 0.393 e. The molecular weight excluding hydrogens is 452 g/mol. The number of hydrogen-bond acceptors (Lipinski definition) is 5. The van der Waals surface area contributed by atoms with Crippen LogP contribution in [0.4, 0.5) is 4.79 Å². The minimum atomic E-state index is -0.461. The van der Waals surface area contributed by atoms with Crippen LogP contribution in [0.3, 0.4) is 0 Å². The number of rotatable bonds is 8. The van der Waals surface area contributed by atoms with Gasteiger partial charge in [-0.2, -0.15) is 0 Å². The second-order valence-electron chi connectivity index (χ2n) is 14.1. The molecule has 0 heterocycles. The average molecular weight is 506 g/mol. The van der Waals surface area contributed by atoms with Crippen molar-refractivity contribution < 1.29 is 19.2 Å². The van der Waals surface area contributed by atoms with Gasteiger partial charge in [-0.15, -0.1) is 0 Å². The van der Waals surface area contributed by atoms with Crippen molar-refractivity contribution in [2.24, 2.45) is 45.6 Å². The molecule has 7 nitrogen and oxygen atoms in total. The Balaban J connectivity index is 1.28. The number of nitrogens with zero attached hydrogens (tertiary/aromatic N) is 2. The van der Waals surface area contributed by atoms with Crippen molar-refractivity contribution in [3.05, 3.63) is 0 Å². The van der Waals surface area contributed by atoms with Gasteiger partial charge in [-0.3, -0.25) is 4.84 Å². The molecule has 4 saturated carbocycles. The van der Waals surface area contributed by atoms with Crippen LogP contribution in [0.15, 0.2) is 5.16 Å². The fourth-order valence-electron chi connectivity index (χ4n) is 8.92. The molecule has 4 aliphatic rings. The summed E-state index contributed by atoms with van der Waals surface area (Å²) < 4.78 is 0.919. The highest BCUT2D eigenvalue weighted by atomic mass is 16.7. The average Bonchev–Trinajstić information content (AvgIpc) is 3.17. The molecule has 0 unspecified atom stereocenters. The monoisotopic (exact) mass is 505 g/mol. The van der Waals surface area contributed by atoms with Crippen LogP contribution >= 0.6 is 0 Å². The number of aliphatic hydroxyl groups excluding tert-OH is 1. The lowest BCUT2D eigenvalue weighted by atomic mass is 9.44. The van der Waals surface area contributed by atoms with Crippen molar-refractivity contribution in [2.45, 2.75) is 84.7 Å². The molecule has 4 aliphatic carbocycles. The second kappa shape index (κ2) is 10.9. The molecule has 7 heteroatoms. The summed E-state index contributed by atoms with van der Waals surface area (Å²) in [5.74, 6) is 3.43. The zero-order chi connectivity index (χ0) is 26.1. The fourth-order valence-corrected chi connectivity index (χ4v) is 8.92. The van der Waals surface area contributed by atoms with E-state index in [4.69, 9.17) is 4.84 Å². The topological polar surface area (TPSA) is 83.0 Å². The Kier molecular flexibility index (Phi) is 8.43. The summed E-state index contributed by atoms with van der Waals surface area (Å²) in [7, 11) is 6.51. The lowest BCUT2D eigenvalue weighted by Crippen LogP contribution is -2.54. The molecule has 4 rings (SSSR count). The number of hydrogen-bond donors (Lipinski definition) is 3. The molecule has 4 fully saturated rings. The Labute approximate surface area is 219 Å². The molecule has 3 N–H and O–H groups in total. The van der Waals surface area contributed by atoms with E-state index in [-0.39, 0.29) is 11.5 Å². The second-order valence-corrected chi connectivity index (χ2v) is 14.1. The van der Waals surface area contributed by atoms with Crippen molar-refractivity contribution in [2.75, 3.05) is 47.3 Å². The third-order valence-corrected chi connectivity index (χ3v) is 10.9. The third kappa shape index (κ3) is 5.78. The van der Waals surface area contributed by atoms with Crippen molar-refractivity contribution >= 4 is 11.8 Å². The van der Waals surface area contributed by atoms with Gasteiger partial charge in [0.25, 0.3) is 0 Å². The number of nitrogens with one attached hydrogen (secondary N) is 2. The van der Waals surface area contributed by atoms with Gasteiger partial charge in [0.1, 0.15) is 0 Å². The van der Waals surface area contributed by atoms with Gasteiger partial charge in [0.05, 0.1) is 39.5 Å². The van der Waals surface area contributed by atoms with Gasteiger partial charge in [0, 0.05) is 25.6 Å². The lowest BCUT2D eigenvalue weighted by molar-refractivity contribution is -0.869. The minimum Gasteiger partial charge on any atom is -0.393 e. The number of likely N-dealkylation sites (N-methyl/N-ethyl adjacent to an activating group) is 1.